The van der Waals surface area contributed by atoms with Gasteiger partial charge in [-0.2, -0.15) is 0 Å². The second kappa shape index (κ2) is 8.59. The Bertz CT molecular complexity index is 839. The number of thiol groups is 1. The molecule has 1 aromatic heterocycles. The van der Waals surface area contributed by atoms with E-state index in [1.54, 1.807) is 12.4 Å². The van der Waals surface area contributed by atoms with Gasteiger partial charge >= 0.3 is 0 Å². The summed E-state index contributed by atoms with van der Waals surface area (Å²) in [5.74, 6) is 1.43. The second-order valence-corrected chi connectivity index (χ2v) is 6.68. The molecule has 128 valence electrons. The first-order valence-corrected chi connectivity index (χ1v) is 8.87. The molecule has 0 amide bonds. The van der Waals surface area contributed by atoms with Crippen LogP contribution in [0.3, 0.4) is 0 Å². The van der Waals surface area contributed by atoms with Crippen LogP contribution in [0.25, 0.3) is 0 Å². The van der Waals surface area contributed by atoms with Crippen LogP contribution in [-0.4, -0.2) is 4.98 Å². The minimum atomic E-state index is 0.569. The number of hydrogen-bond acceptors (Lipinski definition) is 4. The highest BCUT2D eigenvalue weighted by Gasteiger charge is 2.07. The van der Waals surface area contributed by atoms with Gasteiger partial charge in [0.1, 0.15) is 11.5 Å². The molecular weight excluding hydrogens is 375 g/mol. The number of halogens is 2. The summed E-state index contributed by atoms with van der Waals surface area (Å²) in [6.07, 6.45) is 3.38. The number of hydrogen-bond donors (Lipinski definition) is 2. The largest absolute Gasteiger partial charge is 0.456 e. The molecule has 3 nitrogen and oxygen atoms in total. The number of nitrogens with zero attached hydrogens (tertiary/aromatic N) is 1. The Labute approximate surface area is 162 Å². The van der Waals surface area contributed by atoms with E-state index < -0.39 is 0 Å². The Kier molecular flexibility index (Phi) is 6.21. The highest BCUT2D eigenvalue weighted by Crippen LogP contribution is 2.26. The van der Waals surface area contributed by atoms with Crippen LogP contribution in [0.5, 0.6) is 11.5 Å². The Hall–Kier alpha value is -1.72. The maximum absolute atomic E-state index is 6.19. The fourth-order valence-electron chi connectivity index (χ4n) is 2.33. The van der Waals surface area contributed by atoms with E-state index in [4.69, 9.17) is 27.9 Å². The SMILES string of the molecule is Sc1ccc(Oc2cccnc2)cc1CNCc1c(Cl)cccc1Cl. The van der Waals surface area contributed by atoms with E-state index in [-0.39, 0.29) is 0 Å². The molecule has 0 aliphatic heterocycles. The summed E-state index contributed by atoms with van der Waals surface area (Å²) in [6, 6.07) is 14.9. The zero-order valence-electron chi connectivity index (χ0n) is 13.2. The molecule has 0 aliphatic carbocycles. The minimum Gasteiger partial charge on any atom is -0.456 e. The van der Waals surface area contributed by atoms with Gasteiger partial charge < -0.3 is 10.1 Å². The smallest absolute Gasteiger partial charge is 0.145 e. The molecule has 3 rings (SSSR count). The van der Waals surface area contributed by atoms with Crippen LogP contribution in [0.15, 0.2) is 65.8 Å². The van der Waals surface area contributed by atoms with Crippen molar-refractivity contribution < 1.29 is 4.74 Å². The average Bonchev–Trinajstić information content (AvgIpc) is 2.61. The van der Waals surface area contributed by atoms with Crippen LogP contribution in [-0.2, 0) is 13.1 Å². The van der Waals surface area contributed by atoms with E-state index in [1.165, 1.54) is 0 Å². The molecule has 0 fully saturated rings. The first-order valence-electron chi connectivity index (χ1n) is 7.67. The summed E-state index contributed by atoms with van der Waals surface area (Å²) in [6.45, 7) is 1.18. The second-order valence-electron chi connectivity index (χ2n) is 5.39. The number of pyridine rings is 1. The molecule has 2 aromatic carbocycles. The van der Waals surface area contributed by atoms with Crippen molar-refractivity contribution in [3.05, 3.63) is 82.1 Å². The molecule has 3 aromatic rings. The molecule has 0 radical (unpaired) electrons. The van der Waals surface area contributed by atoms with Crippen LogP contribution >= 0.6 is 35.8 Å². The molecule has 6 heteroatoms. The van der Waals surface area contributed by atoms with Gasteiger partial charge in [0.15, 0.2) is 0 Å². The predicted molar refractivity (Wildman–Crippen MR) is 105 cm³/mol. The third kappa shape index (κ3) is 4.89. The zero-order valence-corrected chi connectivity index (χ0v) is 15.7. The van der Waals surface area contributed by atoms with Gasteiger partial charge in [-0.15, -0.1) is 12.6 Å². The molecule has 0 spiro atoms. The molecule has 1 N–H and O–H groups in total. The Balaban J connectivity index is 1.67. The Morgan fingerprint density at radius 2 is 1.76 bits per heavy atom. The monoisotopic (exact) mass is 390 g/mol. The standard InChI is InChI=1S/C19H16Cl2N2OS/c20-17-4-1-5-18(21)16(17)12-23-10-13-9-14(6-7-19(13)25)24-15-3-2-8-22-11-15/h1-9,11,23,25H,10,12H2. The maximum atomic E-state index is 6.19. The Morgan fingerprint density at radius 1 is 0.960 bits per heavy atom. The lowest BCUT2D eigenvalue weighted by molar-refractivity contribution is 0.478. The minimum absolute atomic E-state index is 0.569. The van der Waals surface area contributed by atoms with Crippen LogP contribution < -0.4 is 10.1 Å². The van der Waals surface area contributed by atoms with Gasteiger partial charge in [0.05, 0.1) is 6.20 Å². The molecule has 1 heterocycles. The number of nitrogens with one attached hydrogen (secondary N) is 1. The molecule has 0 aliphatic rings. The van der Waals surface area contributed by atoms with Crippen molar-refractivity contribution in [3.8, 4) is 11.5 Å². The first-order chi connectivity index (χ1) is 12.1. The van der Waals surface area contributed by atoms with Crippen molar-refractivity contribution in [2.45, 2.75) is 18.0 Å². The average molecular weight is 391 g/mol. The fourth-order valence-corrected chi connectivity index (χ4v) is 3.08. The van der Waals surface area contributed by atoms with E-state index in [9.17, 15) is 0 Å². The summed E-state index contributed by atoms with van der Waals surface area (Å²) >= 11 is 16.9. The van der Waals surface area contributed by atoms with E-state index in [2.05, 4.69) is 22.9 Å². The van der Waals surface area contributed by atoms with E-state index in [0.717, 1.165) is 21.8 Å². The fraction of sp³-hybridized carbons (Fsp3) is 0.105. The summed E-state index contributed by atoms with van der Waals surface area (Å²) in [4.78, 5) is 4.93. The number of aromatic nitrogens is 1. The lowest BCUT2D eigenvalue weighted by Crippen LogP contribution is -2.14. The lowest BCUT2D eigenvalue weighted by Gasteiger charge is -2.12. The van der Waals surface area contributed by atoms with Crippen LogP contribution in [0.1, 0.15) is 11.1 Å². The van der Waals surface area contributed by atoms with Crippen molar-refractivity contribution >= 4 is 35.8 Å². The molecule has 0 saturated carbocycles. The third-order valence-electron chi connectivity index (χ3n) is 3.60. The van der Waals surface area contributed by atoms with Gasteiger partial charge in [0, 0.05) is 39.8 Å². The van der Waals surface area contributed by atoms with Crippen molar-refractivity contribution in [1.82, 2.24) is 10.3 Å². The number of benzene rings is 2. The third-order valence-corrected chi connectivity index (χ3v) is 4.74. The van der Waals surface area contributed by atoms with Gasteiger partial charge in [-0.25, -0.2) is 0 Å². The quantitative estimate of drug-likeness (QED) is 0.525. The Morgan fingerprint density at radius 3 is 2.48 bits per heavy atom. The van der Waals surface area contributed by atoms with Crippen molar-refractivity contribution in [2.75, 3.05) is 0 Å². The number of ether oxygens (including phenoxy) is 1. The van der Waals surface area contributed by atoms with E-state index >= 15 is 0 Å². The number of rotatable bonds is 6. The van der Waals surface area contributed by atoms with Gasteiger partial charge in [-0.05, 0) is 48.0 Å². The summed E-state index contributed by atoms with van der Waals surface area (Å²) in [5, 5.41) is 4.65. The molecule has 0 bridgehead atoms. The predicted octanol–water partition coefficient (Wildman–Crippen LogP) is 5.76. The molecule has 0 unspecified atom stereocenters. The lowest BCUT2D eigenvalue weighted by atomic mass is 10.2. The zero-order chi connectivity index (χ0) is 17.6. The summed E-state index contributed by atoms with van der Waals surface area (Å²) < 4.78 is 5.81. The van der Waals surface area contributed by atoms with Crippen LogP contribution in [0.4, 0.5) is 0 Å². The molecule has 0 atom stereocenters. The van der Waals surface area contributed by atoms with Crippen molar-refractivity contribution in [1.29, 1.82) is 0 Å². The molecule has 25 heavy (non-hydrogen) atoms. The van der Waals surface area contributed by atoms with Crippen molar-refractivity contribution in [3.63, 3.8) is 0 Å². The molecule has 0 saturated heterocycles. The maximum Gasteiger partial charge on any atom is 0.145 e. The van der Waals surface area contributed by atoms with E-state index in [0.29, 0.717) is 28.9 Å². The molecular formula is C19H16Cl2N2OS. The topological polar surface area (TPSA) is 34.1 Å². The van der Waals surface area contributed by atoms with Crippen molar-refractivity contribution in [2.24, 2.45) is 0 Å². The first kappa shape index (κ1) is 18.1. The normalized spacial score (nSPS) is 10.7. The van der Waals surface area contributed by atoms with Gasteiger partial charge in [-0.1, -0.05) is 29.3 Å². The summed E-state index contributed by atoms with van der Waals surface area (Å²) in [7, 11) is 0. The van der Waals surface area contributed by atoms with Crippen LogP contribution in [0, 0.1) is 0 Å². The summed E-state index contributed by atoms with van der Waals surface area (Å²) in [5.41, 5.74) is 1.90. The van der Waals surface area contributed by atoms with E-state index in [1.807, 2.05) is 48.5 Å². The van der Waals surface area contributed by atoms with Gasteiger partial charge in [-0.3, -0.25) is 4.98 Å². The highest BCUT2D eigenvalue weighted by molar-refractivity contribution is 7.80. The highest BCUT2D eigenvalue weighted by atomic mass is 35.5. The van der Waals surface area contributed by atoms with Gasteiger partial charge in [0.2, 0.25) is 0 Å². The van der Waals surface area contributed by atoms with Crippen LogP contribution in [0.2, 0.25) is 10.0 Å². The van der Waals surface area contributed by atoms with Gasteiger partial charge in [0.25, 0.3) is 0 Å².